The first-order valence-electron chi connectivity index (χ1n) is 26.1. The van der Waals surface area contributed by atoms with E-state index < -0.39 is 15.8 Å². The summed E-state index contributed by atoms with van der Waals surface area (Å²) >= 11 is 0. The Morgan fingerprint density at radius 3 is 0.850 bits per heavy atom. The number of aryl methyl sites for hydroxylation is 6. The van der Waals surface area contributed by atoms with Crippen molar-refractivity contribution in [3.63, 3.8) is 0 Å². The van der Waals surface area contributed by atoms with Crippen LogP contribution < -0.4 is 44.2 Å². The third-order valence-corrected chi connectivity index (χ3v) is 18.2. The first kappa shape index (κ1) is 61.8. The Kier molecular flexibility index (Phi) is 23.4. The molecular weight excluding hydrogens is 1210 g/mol. The van der Waals surface area contributed by atoms with Crippen molar-refractivity contribution in [3.05, 3.63) is 346 Å². The van der Waals surface area contributed by atoms with E-state index in [0.29, 0.717) is 0 Å². The summed E-state index contributed by atoms with van der Waals surface area (Å²) in [7, 11) is -0.966. The van der Waals surface area contributed by atoms with E-state index in [1.807, 2.05) is 66.7 Å². The summed E-state index contributed by atoms with van der Waals surface area (Å²) < 4.78 is 6.40. The summed E-state index contributed by atoms with van der Waals surface area (Å²) in [4.78, 5) is 0. The van der Waals surface area contributed by atoms with Crippen LogP contribution >= 0.6 is 15.8 Å². The summed E-state index contributed by atoms with van der Waals surface area (Å²) in [5, 5.41) is 8.46. The average molecular weight is 1280 g/mol. The van der Waals surface area contributed by atoms with Gasteiger partial charge in [0, 0.05) is 11.1 Å². The molecule has 0 aromatic heterocycles. The van der Waals surface area contributed by atoms with Crippen LogP contribution in [-0.2, 0) is 25.8 Å². The van der Waals surface area contributed by atoms with Gasteiger partial charge in [0.15, 0.2) is 0 Å². The molecule has 1 aliphatic heterocycles. The minimum Gasteiger partial charge on any atom is -1.00 e. The Balaban J connectivity index is 0.000000196. The number of rotatable bonds is 10. The van der Waals surface area contributed by atoms with E-state index >= 15 is 0 Å². The average Bonchev–Trinajstić information content (AvgIpc) is 3.50. The standard InChI is InChI=1S/C32H21O.2C21H21P.ClH.H2O.Pt/c1-2-24-18-20-28(21-19-24)32(27-16-10-5-11-17-27)29-22-30(25-12-6-3-7-13-25)33-31(23-29)26-14-8-4-9-15-26;2*1-16-4-10-19(11-5-16)22(20-12-6-17(2)7-13-20)21-14-8-18(3)9-15-21;;;/h3-23H;2*4-15H,1-3H3;1H;1H2;/q-1;;;;;+2/p-1. The van der Waals surface area contributed by atoms with E-state index in [-0.39, 0.29) is 38.9 Å². The van der Waals surface area contributed by atoms with Gasteiger partial charge in [-0.1, -0.05) is 282 Å². The van der Waals surface area contributed by atoms with Gasteiger partial charge >= 0.3 is 21.1 Å². The monoisotopic (exact) mass is 1280 g/mol. The maximum Gasteiger partial charge on any atom is 2.00 e. The second kappa shape index (κ2) is 30.2. The first-order valence-corrected chi connectivity index (χ1v) is 28.8. The van der Waals surface area contributed by atoms with E-state index in [0.717, 1.165) is 50.5 Å². The van der Waals surface area contributed by atoms with Crippen LogP contribution in [0.1, 0.15) is 61.2 Å². The van der Waals surface area contributed by atoms with Crippen LogP contribution in [0.15, 0.2) is 279 Å². The number of hydrogen-bond donors (Lipinski definition) is 0. The van der Waals surface area contributed by atoms with E-state index in [9.17, 15) is 0 Å². The van der Waals surface area contributed by atoms with Gasteiger partial charge in [0.2, 0.25) is 0 Å². The molecule has 0 unspecified atom stereocenters. The van der Waals surface area contributed by atoms with E-state index in [4.69, 9.17) is 11.2 Å². The number of halogens is 1. The molecule has 2 nitrogen and oxygen atoms in total. The summed E-state index contributed by atoms with van der Waals surface area (Å²) in [5.74, 6) is 4.08. The van der Waals surface area contributed by atoms with Gasteiger partial charge in [0.25, 0.3) is 0 Å². The first-order chi connectivity index (χ1) is 37.6. The number of ether oxygens (including phenoxy) is 1. The fourth-order valence-electron chi connectivity index (χ4n) is 9.02. The molecule has 1 heterocycles. The van der Waals surface area contributed by atoms with Crippen molar-refractivity contribution in [1.29, 1.82) is 0 Å². The topological polar surface area (TPSA) is 40.7 Å². The Morgan fingerprint density at radius 2 is 0.588 bits per heavy atom. The van der Waals surface area contributed by atoms with Crippen molar-refractivity contribution >= 4 is 64.8 Å². The summed E-state index contributed by atoms with van der Waals surface area (Å²) in [6, 6.07) is 92.6. The van der Waals surface area contributed by atoms with Crippen LogP contribution in [0.5, 0.6) is 0 Å². The number of benzene rings is 10. The zero-order valence-electron chi connectivity index (χ0n) is 46.0. The molecule has 1 aliphatic rings. The fourth-order valence-corrected chi connectivity index (χ4v) is 13.5. The van der Waals surface area contributed by atoms with Crippen molar-refractivity contribution in [2.75, 3.05) is 0 Å². The van der Waals surface area contributed by atoms with Crippen LogP contribution in [-0.4, -0.2) is 5.48 Å². The number of allylic oxidation sites excluding steroid dienone is 3. The molecule has 0 atom stereocenters. The number of hydrogen-bond acceptors (Lipinski definition) is 1. The van der Waals surface area contributed by atoms with Crippen molar-refractivity contribution in [2.45, 2.75) is 41.5 Å². The van der Waals surface area contributed by atoms with Gasteiger partial charge in [0.05, 0.1) is 0 Å². The van der Waals surface area contributed by atoms with Crippen molar-refractivity contribution < 1.29 is 43.7 Å². The van der Waals surface area contributed by atoms with Crippen molar-refractivity contribution in [2.24, 2.45) is 0 Å². The molecule has 10 aromatic rings. The summed E-state index contributed by atoms with van der Waals surface area (Å²) in [5.41, 5.74) is 15.0. The maximum atomic E-state index is 7.43. The smallest absolute Gasteiger partial charge is 1.00 e. The molecule has 6 heteroatoms. The molecule has 0 saturated carbocycles. The van der Waals surface area contributed by atoms with Crippen LogP contribution in [0.3, 0.4) is 0 Å². The second-order valence-electron chi connectivity index (χ2n) is 19.4. The largest absolute Gasteiger partial charge is 2.00 e. The van der Waals surface area contributed by atoms with E-state index in [2.05, 4.69) is 254 Å². The van der Waals surface area contributed by atoms with Gasteiger partial charge in [-0.3, -0.25) is 5.92 Å². The zero-order valence-corrected chi connectivity index (χ0v) is 50.8. The molecule has 0 fully saturated rings. The fraction of sp³-hybridized carbons (Fsp3) is 0.0811. The normalized spacial score (nSPS) is 11.3. The summed E-state index contributed by atoms with van der Waals surface area (Å²) in [6.45, 7) is 12.9. The van der Waals surface area contributed by atoms with Crippen molar-refractivity contribution in [1.82, 2.24) is 0 Å². The maximum absolute atomic E-state index is 7.43. The van der Waals surface area contributed by atoms with Crippen LogP contribution in [0.2, 0.25) is 0 Å². The molecule has 11 rings (SSSR count). The zero-order chi connectivity index (χ0) is 53.5. The van der Waals surface area contributed by atoms with E-state index in [1.165, 1.54) is 65.2 Å². The predicted molar refractivity (Wildman–Crippen MR) is 337 cm³/mol. The third kappa shape index (κ3) is 16.3. The molecule has 10 aromatic carbocycles. The molecular formula is C74H65ClO2P2Pt. The van der Waals surface area contributed by atoms with Crippen molar-refractivity contribution in [3.8, 4) is 5.92 Å². The molecule has 400 valence electrons. The van der Waals surface area contributed by atoms with Gasteiger partial charge in [-0.2, -0.15) is 0 Å². The molecule has 0 bridgehead atoms. The Bertz CT molecular complexity index is 3240. The quantitative estimate of drug-likeness (QED) is 0.0764. The van der Waals surface area contributed by atoms with Gasteiger partial charge < -0.3 is 29.0 Å². The molecule has 0 aliphatic carbocycles. The Hall–Kier alpha value is -7.42. The van der Waals surface area contributed by atoms with Gasteiger partial charge in [-0.05, 0) is 124 Å². The summed E-state index contributed by atoms with van der Waals surface area (Å²) in [6.07, 6.45) is 11.7. The van der Waals surface area contributed by atoms with Gasteiger partial charge in [0.1, 0.15) is 11.5 Å². The molecule has 0 radical (unpaired) electrons. The Labute approximate surface area is 498 Å². The van der Waals surface area contributed by atoms with Crippen LogP contribution in [0, 0.1) is 53.9 Å². The predicted octanol–water partition coefficient (Wildman–Crippen LogP) is 12.5. The third-order valence-electron chi connectivity index (χ3n) is 13.3. The molecule has 0 saturated heterocycles. The van der Waals surface area contributed by atoms with Gasteiger partial charge in [-0.25, -0.2) is 0 Å². The van der Waals surface area contributed by atoms with Crippen LogP contribution in [0.4, 0.5) is 0 Å². The molecule has 80 heavy (non-hydrogen) atoms. The van der Waals surface area contributed by atoms with Crippen LogP contribution in [0.25, 0.3) is 17.1 Å². The minimum atomic E-state index is -0.483. The van der Waals surface area contributed by atoms with Gasteiger partial charge in [-0.15, -0.1) is 17.7 Å². The molecule has 0 amide bonds. The second-order valence-corrected chi connectivity index (χ2v) is 23.9. The molecule has 0 spiro atoms. The SMILES string of the molecule is Cc1ccc(P(c2ccc(C)cc2)c2ccc(C)cc2)cc1.Cc1ccc(P(c2ccc(C)cc2)c2ccc(C)cc2)cc1.O.[C-]#Cc1ccc(C(=C2C=C(c3ccccc3)OC(c3ccccc3)=C2)c2ccccc2)cc1.[Cl-].[Pt+2]. The molecule has 2 N–H and O–H groups in total. The van der Waals surface area contributed by atoms with E-state index in [1.54, 1.807) is 0 Å². The minimum absolute atomic E-state index is 0. The Morgan fingerprint density at radius 1 is 0.338 bits per heavy atom.